The topological polar surface area (TPSA) is 56.3 Å². The second kappa shape index (κ2) is 8.92. The van der Waals surface area contributed by atoms with E-state index >= 15 is 0 Å². The molecule has 6 heteroatoms. The molecule has 1 aromatic heterocycles. The summed E-state index contributed by atoms with van der Waals surface area (Å²) in [7, 11) is 2.17. The Balaban J connectivity index is 1.36. The lowest BCUT2D eigenvalue weighted by atomic mass is 10.1. The first kappa shape index (κ1) is 19.2. The van der Waals surface area contributed by atoms with E-state index in [-0.39, 0.29) is 0 Å². The SMILES string of the molecule is Cc1cccc(CNc2ccnc(Nc3ccc(N4CCN(C)CC4)cc3)n2)c1. The van der Waals surface area contributed by atoms with Crippen LogP contribution in [0.15, 0.2) is 60.8 Å². The second-order valence-corrected chi connectivity index (χ2v) is 7.57. The molecule has 0 atom stereocenters. The number of nitrogens with zero attached hydrogens (tertiary/aromatic N) is 4. The average molecular weight is 389 g/mol. The van der Waals surface area contributed by atoms with E-state index < -0.39 is 0 Å². The van der Waals surface area contributed by atoms with Crippen molar-refractivity contribution in [3.05, 3.63) is 71.9 Å². The number of aromatic nitrogens is 2. The van der Waals surface area contributed by atoms with Gasteiger partial charge in [-0.1, -0.05) is 29.8 Å². The molecule has 1 aliphatic rings. The lowest BCUT2D eigenvalue weighted by Gasteiger charge is -2.34. The van der Waals surface area contributed by atoms with Crippen LogP contribution in [0.1, 0.15) is 11.1 Å². The third-order valence-electron chi connectivity index (χ3n) is 5.20. The zero-order valence-electron chi connectivity index (χ0n) is 17.1. The van der Waals surface area contributed by atoms with Crippen molar-refractivity contribution in [1.29, 1.82) is 0 Å². The fourth-order valence-electron chi connectivity index (χ4n) is 3.48. The highest BCUT2D eigenvalue weighted by Crippen LogP contribution is 2.21. The molecule has 3 aromatic rings. The van der Waals surface area contributed by atoms with E-state index in [0.717, 1.165) is 44.2 Å². The molecule has 1 aliphatic heterocycles. The minimum atomic E-state index is 0.589. The number of rotatable bonds is 6. The van der Waals surface area contributed by atoms with Crippen LogP contribution in [0.5, 0.6) is 0 Å². The van der Waals surface area contributed by atoms with Crippen molar-refractivity contribution < 1.29 is 0 Å². The van der Waals surface area contributed by atoms with E-state index in [2.05, 4.69) is 92.9 Å². The van der Waals surface area contributed by atoms with E-state index in [1.807, 2.05) is 6.07 Å². The number of aryl methyl sites for hydroxylation is 1. The summed E-state index contributed by atoms with van der Waals surface area (Å²) in [6, 6.07) is 18.8. The molecule has 0 bridgehead atoms. The molecule has 0 saturated carbocycles. The molecule has 1 saturated heterocycles. The van der Waals surface area contributed by atoms with Crippen LogP contribution in [-0.2, 0) is 6.54 Å². The Kier molecular flexibility index (Phi) is 5.91. The van der Waals surface area contributed by atoms with Gasteiger partial charge in [-0.25, -0.2) is 4.98 Å². The zero-order chi connectivity index (χ0) is 20.1. The lowest BCUT2D eigenvalue weighted by molar-refractivity contribution is 0.313. The molecule has 0 unspecified atom stereocenters. The predicted molar refractivity (Wildman–Crippen MR) is 120 cm³/mol. The van der Waals surface area contributed by atoms with Crippen LogP contribution in [-0.4, -0.2) is 48.1 Å². The van der Waals surface area contributed by atoms with Crippen LogP contribution in [0.2, 0.25) is 0 Å². The molecule has 6 nitrogen and oxygen atoms in total. The van der Waals surface area contributed by atoms with Crippen LogP contribution in [0.4, 0.5) is 23.1 Å². The molecule has 0 amide bonds. The van der Waals surface area contributed by atoms with Crippen molar-refractivity contribution >= 4 is 23.1 Å². The molecular formula is C23H28N6. The summed E-state index contributed by atoms with van der Waals surface area (Å²) in [5.74, 6) is 1.39. The average Bonchev–Trinajstić information content (AvgIpc) is 2.74. The summed E-state index contributed by atoms with van der Waals surface area (Å²) >= 11 is 0. The summed E-state index contributed by atoms with van der Waals surface area (Å²) in [5.41, 5.74) is 4.74. The smallest absolute Gasteiger partial charge is 0.229 e. The Morgan fingerprint density at radius 2 is 1.76 bits per heavy atom. The number of benzene rings is 2. The molecule has 0 radical (unpaired) electrons. The third-order valence-corrected chi connectivity index (χ3v) is 5.20. The Bertz CT molecular complexity index is 932. The zero-order valence-corrected chi connectivity index (χ0v) is 17.1. The number of hydrogen-bond donors (Lipinski definition) is 2. The van der Waals surface area contributed by atoms with E-state index in [4.69, 9.17) is 0 Å². The van der Waals surface area contributed by atoms with E-state index in [1.54, 1.807) is 6.20 Å². The molecule has 0 spiro atoms. The number of anilines is 4. The van der Waals surface area contributed by atoms with Crippen LogP contribution in [0.3, 0.4) is 0 Å². The monoisotopic (exact) mass is 388 g/mol. The maximum atomic E-state index is 4.58. The molecule has 150 valence electrons. The maximum absolute atomic E-state index is 4.58. The fraction of sp³-hybridized carbons (Fsp3) is 0.304. The van der Waals surface area contributed by atoms with Crippen molar-refractivity contribution in [3.8, 4) is 0 Å². The predicted octanol–water partition coefficient (Wildman–Crippen LogP) is 3.89. The molecule has 2 aromatic carbocycles. The van der Waals surface area contributed by atoms with Crippen molar-refractivity contribution in [2.24, 2.45) is 0 Å². The number of likely N-dealkylation sites (N-methyl/N-ethyl adjacent to an activating group) is 1. The Morgan fingerprint density at radius 1 is 0.966 bits per heavy atom. The molecule has 29 heavy (non-hydrogen) atoms. The van der Waals surface area contributed by atoms with Crippen molar-refractivity contribution in [2.75, 3.05) is 48.8 Å². The first-order valence-electron chi connectivity index (χ1n) is 10.1. The minimum Gasteiger partial charge on any atom is -0.369 e. The van der Waals surface area contributed by atoms with Crippen LogP contribution in [0, 0.1) is 6.92 Å². The van der Waals surface area contributed by atoms with Gasteiger partial charge in [0.1, 0.15) is 5.82 Å². The minimum absolute atomic E-state index is 0.589. The molecule has 1 fully saturated rings. The van der Waals surface area contributed by atoms with Gasteiger partial charge in [0, 0.05) is 50.3 Å². The molecular weight excluding hydrogens is 360 g/mol. The fourth-order valence-corrected chi connectivity index (χ4v) is 3.48. The normalized spacial score (nSPS) is 14.6. The van der Waals surface area contributed by atoms with Gasteiger partial charge in [-0.2, -0.15) is 4.98 Å². The Labute approximate surface area is 172 Å². The van der Waals surface area contributed by atoms with E-state index in [9.17, 15) is 0 Å². The third kappa shape index (κ3) is 5.23. The largest absolute Gasteiger partial charge is 0.369 e. The van der Waals surface area contributed by atoms with Gasteiger partial charge in [-0.05, 0) is 49.9 Å². The summed E-state index contributed by atoms with van der Waals surface area (Å²) in [4.78, 5) is 13.7. The first-order chi connectivity index (χ1) is 14.2. The van der Waals surface area contributed by atoms with Gasteiger partial charge < -0.3 is 20.4 Å². The summed E-state index contributed by atoms with van der Waals surface area (Å²) < 4.78 is 0. The molecule has 4 rings (SSSR count). The van der Waals surface area contributed by atoms with E-state index in [1.165, 1.54) is 16.8 Å². The first-order valence-corrected chi connectivity index (χ1v) is 10.1. The maximum Gasteiger partial charge on any atom is 0.229 e. The Hall–Kier alpha value is -3.12. The van der Waals surface area contributed by atoms with Crippen molar-refractivity contribution in [3.63, 3.8) is 0 Å². The number of piperazine rings is 1. The summed E-state index contributed by atoms with van der Waals surface area (Å²) in [6.45, 7) is 7.19. The van der Waals surface area contributed by atoms with Gasteiger partial charge in [0.2, 0.25) is 5.95 Å². The van der Waals surface area contributed by atoms with Crippen LogP contribution in [0.25, 0.3) is 0 Å². The van der Waals surface area contributed by atoms with Crippen LogP contribution < -0.4 is 15.5 Å². The van der Waals surface area contributed by atoms with E-state index in [0.29, 0.717) is 5.95 Å². The number of nitrogens with one attached hydrogen (secondary N) is 2. The summed E-state index contributed by atoms with van der Waals surface area (Å²) in [5, 5.41) is 6.67. The highest BCUT2D eigenvalue weighted by atomic mass is 15.2. The van der Waals surface area contributed by atoms with Gasteiger partial charge >= 0.3 is 0 Å². The standard InChI is InChI=1S/C23H28N6/c1-18-4-3-5-19(16-18)17-25-22-10-11-24-23(27-22)26-20-6-8-21(9-7-20)29-14-12-28(2)13-15-29/h3-11,16H,12-15,17H2,1-2H3,(H2,24,25,26,27). The van der Waals surface area contributed by atoms with Gasteiger partial charge in [0.15, 0.2) is 0 Å². The lowest BCUT2D eigenvalue weighted by Crippen LogP contribution is -2.44. The van der Waals surface area contributed by atoms with Gasteiger partial charge in [-0.15, -0.1) is 0 Å². The highest BCUT2D eigenvalue weighted by Gasteiger charge is 2.14. The van der Waals surface area contributed by atoms with Gasteiger partial charge in [0.25, 0.3) is 0 Å². The van der Waals surface area contributed by atoms with Gasteiger partial charge in [0.05, 0.1) is 0 Å². The highest BCUT2D eigenvalue weighted by molar-refractivity contribution is 5.60. The Morgan fingerprint density at radius 3 is 2.52 bits per heavy atom. The second-order valence-electron chi connectivity index (χ2n) is 7.57. The summed E-state index contributed by atoms with van der Waals surface area (Å²) in [6.07, 6.45) is 1.77. The van der Waals surface area contributed by atoms with Crippen molar-refractivity contribution in [1.82, 2.24) is 14.9 Å². The number of hydrogen-bond acceptors (Lipinski definition) is 6. The quantitative estimate of drug-likeness (QED) is 0.668. The van der Waals surface area contributed by atoms with Crippen molar-refractivity contribution in [2.45, 2.75) is 13.5 Å². The molecule has 2 N–H and O–H groups in total. The van der Waals surface area contributed by atoms with Crippen LogP contribution >= 0.6 is 0 Å². The molecule has 2 heterocycles. The van der Waals surface area contributed by atoms with Gasteiger partial charge in [-0.3, -0.25) is 0 Å². The molecule has 0 aliphatic carbocycles.